The third-order valence-corrected chi connectivity index (χ3v) is 3.58. The number of carbonyl (C=O) groups is 1. The fraction of sp³-hybridized carbons (Fsp3) is 0.533. The summed E-state index contributed by atoms with van der Waals surface area (Å²) in [6.07, 6.45) is 2.13. The Morgan fingerprint density at radius 1 is 1.48 bits per heavy atom. The van der Waals surface area contributed by atoms with Gasteiger partial charge in [0.05, 0.1) is 13.7 Å². The van der Waals surface area contributed by atoms with Crippen LogP contribution in [-0.2, 0) is 11.3 Å². The van der Waals surface area contributed by atoms with Crippen LogP contribution >= 0.6 is 12.4 Å². The third-order valence-electron chi connectivity index (χ3n) is 3.58. The van der Waals surface area contributed by atoms with Crippen molar-refractivity contribution in [2.24, 2.45) is 5.73 Å². The average Bonchev–Trinajstić information content (AvgIpc) is 2.45. The molecule has 0 aliphatic carbocycles. The number of likely N-dealkylation sites (tertiary alicyclic amines) is 1. The maximum atomic E-state index is 12.0. The van der Waals surface area contributed by atoms with Crippen LogP contribution in [0.1, 0.15) is 18.4 Å². The summed E-state index contributed by atoms with van der Waals surface area (Å²) >= 11 is 0. The zero-order valence-corrected chi connectivity index (χ0v) is 13.2. The lowest BCUT2D eigenvalue weighted by molar-refractivity contribution is -0.122. The fourth-order valence-corrected chi connectivity index (χ4v) is 2.54. The number of piperidine rings is 1. The monoisotopic (exact) mass is 313 g/mol. The van der Waals surface area contributed by atoms with E-state index in [1.54, 1.807) is 7.11 Å². The summed E-state index contributed by atoms with van der Waals surface area (Å²) in [5.74, 6) is 0.831. The van der Waals surface area contributed by atoms with Gasteiger partial charge in [0.1, 0.15) is 5.75 Å². The highest BCUT2D eigenvalue weighted by molar-refractivity contribution is 5.85. The topological polar surface area (TPSA) is 67.6 Å². The standard InChI is InChI=1S/C15H23N3O2.ClH/c1-20-14-7-3-2-5-12(14)9-17-15(19)11-18-8-4-6-13(16)10-18;/h2-3,5,7,13H,4,6,8-11,16H2,1H3,(H,17,19);1H/t13-;/m1./s1. The second kappa shape index (κ2) is 8.87. The molecule has 1 fully saturated rings. The quantitative estimate of drug-likeness (QED) is 0.856. The minimum atomic E-state index is 0. The van der Waals surface area contributed by atoms with E-state index in [2.05, 4.69) is 10.2 Å². The fourth-order valence-electron chi connectivity index (χ4n) is 2.54. The number of nitrogens with two attached hydrogens (primary N) is 1. The lowest BCUT2D eigenvalue weighted by atomic mass is 10.1. The van der Waals surface area contributed by atoms with Gasteiger partial charge in [0.2, 0.25) is 5.91 Å². The van der Waals surface area contributed by atoms with Crippen molar-refractivity contribution in [3.63, 3.8) is 0 Å². The minimum Gasteiger partial charge on any atom is -0.496 e. The first-order valence-corrected chi connectivity index (χ1v) is 7.05. The molecule has 1 aromatic carbocycles. The van der Waals surface area contributed by atoms with Crippen molar-refractivity contribution in [2.75, 3.05) is 26.7 Å². The van der Waals surface area contributed by atoms with Gasteiger partial charge in [-0.1, -0.05) is 18.2 Å². The van der Waals surface area contributed by atoms with Gasteiger partial charge in [-0.15, -0.1) is 12.4 Å². The first kappa shape index (κ1) is 17.8. The molecule has 0 unspecified atom stereocenters. The summed E-state index contributed by atoms with van der Waals surface area (Å²) in [6, 6.07) is 7.90. The number of para-hydroxylation sites is 1. The predicted molar refractivity (Wildman–Crippen MR) is 85.7 cm³/mol. The molecule has 118 valence electrons. The Balaban J connectivity index is 0.00000220. The molecule has 0 radical (unpaired) electrons. The molecule has 5 nitrogen and oxygen atoms in total. The number of hydrogen-bond donors (Lipinski definition) is 2. The molecule has 21 heavy (non-hydrogen) atoms. The molecule has 1 aromatic rings. The van der Waals surface area contributed by atoms with Crippen LogP contribution in [0.5, 0.6) is 5.75 Å². The molecular formula is C15H24ClN3O2. The van der Waals surface area contributed by atoms with Crippen molar-refractivity contribution < 1.29 is 9.53 Å². The molecule has 3 N–H and O–H groups in total. The molecule has 1 aliphatic rings. The van der Waals surface area contributed by atoms with E-state index in [9.17, 15) is 4.79 Å². The van der Waals surface area contributed by atoms with Crippen LogP contribution in [0.3, 0.4) is 0 Å². The van der Waals surface area contributed by atoms with E-state index in [-0.39, 0.29) is 24.4 Å². The number of carbonyl (C=O) groups excluding carboxylic acids is 1. The summed E-state index contributed by atoms with van der Waals surface area (Å²) in [4.78, 5) is 14.1. The Kier molecular flexibility index (Phi) is 7.50. The van der Waals surface area contributed by atoms with Gasteiger partial charge in [-0.25, -0.2) is 0 Å². The van der Waals surface area contributed by atoms with Crippen LogP contribution in [0.4, 0.5) is 0 Å². The predicted octanol–water partition coefficient (Wildman–Crippen LogP) is 1.16. The highest BCUT2D eigenvalue weighted by Crippen LogP contribution is 2.16. The van der Waals surface area contributed by atoms with Crippen molar-refractivity contribution in [3.8, 4) is 5.75 Å². The summed E-state index contributed by atoms with van der Waals surface area (Å²) in [5.41, 5.74) is 6.90. The number of amides is 1. The molecule has 1 heterocycles. The van der Waals surface area contributed by atoms with Crippen LogP contribution in [0, 0.1) is 0 Å². The normalized spacial score (nSPS) is 18.7. The molecule has 1 amide bonds. The Bertz CT molecular complexity index is 456. The van der Waals surface area contributed by atoms with Crippen LogP contribution in [-0.4, -0.2) is 43.6 Å². The van der Waals surface area contributed by atoms with E-state index >= 15 is 0 Å². The highest BCUT2D eigenvalue weighted by atomic mass is 35.5. The number of hydrogen-bond acceptors (Lipinski definition) is 4. The van der Waals surface area contributed by atoms with Crippen molar-refractivity contribution >= 4 is 18.3 Å². The van der Waals surface area contributed by atoms with E-state index in [0.29, 0.717) is 13.1 Å². The first-order chi connectivity index (χ1) is 9.69. The van der Waals surface area contributed by atoms with E-state index < -0.39 is 0 Å². The molecule has 6 heteroatoms. The lowest BCUT2D eigenvalue weighted by Crippen LogP contribution is -2.46. The third kappa shape index (κ3) is 5.53. The minimum absolute atomic E-state index is 0. The Morgan fingerprint density at radius 2 is 2.24 bits per heavy atom. The largest absolute Gasteiger partial charge is 0.496 e. The summed E-state index contributed by atoms with van der Waals surface area (Å²) in [5, 5.41) is 2.93. The molecule has 0 spiro atoms. The SMILES string of the molecule is COc1ccccc1CNC(=O)CN1CCC[C@@H](N)C1.Cl. The maximum Gasteiger partial charge on any atom is 0.234 e. The maximum absolute atomic E-state index is 12.0. The average molecular weight is 314 g/mol. The number of nitrogens with zero attached hydrogens (tertiary/aromatic N) is 1. The highest BCUT2D eigenvalue weighted by Gasteiger charge is 2.18. The summed E-state index contributed by atoms with van der Waals surface area (Å²) in [6.45, 7) is 2.67. The second-order valence-electron chi connectivity index (χ2n) is 5.23. The van der Waals surface area contributed by atoms with E-state index in [0.717, 1.165) is 37.2 Å². The van der Waals surface area contributed by atoms with Crippen molar-refractivity contribution in [1.29, 1.82) is 0 Å². The smallest absolute Gasteiger partial charge is 0.234 e. The summed E-state index contributed by atoms with van der Waals surface area (Å²) < 4.78 is 5.26. The van der Waals surface area contributed by atoms with Crippen molar-refractivity contribution in [3.05, 3.63) is 29.8 Å². The molecule has 0 bridgehead atoms. The Morgan fingerprint density at radius 3 is 2.95 bits per heavy atom. The molecular weight excluding hydrogens is 290 g/mol. The number of ether oxygens (including phenoxy) is 1. The zero-order chi connectivity index (χ0) is 14.4. The number of halogens is 1. The van der Waals surface area contributed by atoms with Crippen molar-refractivity contribution in [1.82, 2.24) is 10.2 Å². The van der Waals surface area contributed by atoms with Crippen molar-refractivity contribution in [2.45, 2.75) is 25.4 Å². The molecule has 1 saturated heterocycles. The van der Waals surface area contributed by atoms with Crippen LogP contribution in [0.15, 0.2) is 24.3 Å². The van der Waals surface area contributed by atoms with Crippen LogP contribution in [0.2, 0.25) is 0 Å². The van der Waals surface area contributed by atoms with Gasteiger partial charge < -0.3 is 15.8 Å². The Labute approximate surface area is 132 Å². The summed E-state index contributed by atoms with van der Waals surface area (Å²) in [7, 11) is 1.63. The lowest BCUT2D eigenvalue weighted by Gasteiger charge is -2.29. The Hall–Kier alpha value is -1.30. The molecule has 1 aliphatic heterocycles. The van der Waals surface area contributed by atoms with Gasteiger partial charge in [0.25, 0.3) is 0 Å². The number of nitrogens with one attached hydrogen (secondary N) is 1. The van der Waals surface area contributed by atoms with Gasteiger partial charge >= 0.3 is 0 Å². The molecule has 0 saturated carbocycles. The van der Waals surface area contributed by atoms with Gasteiger partial charge in [-0.3, -0.25) is 9.69 Å². The van der Waals surface area contributed by atoms with E-state index in [4.69, 9.17) is 10.5 Å². The van der Waals surface area contributed by atoms with E-state index in [1.165, 1.54) is 0 Å². The molecule has 2 rings (SSSR count). The molecule has 1 atom stereocenters. The van der Waals surface area contributed by atoms with Gasteiger partial charge in [0, 0.05) is 24.7 Å². The van der Waals surface area contributed by atoms with Gasteiger partial charge in [-0.2, -0.15) is 0 Å². The zero-order valence-electron chi connectivity index (χ0n) is 12.4. The van der Waals surface area contributed by atoms with Crippen LogP contribution in [0.25, 0.3) is 0 Å². The molecule has 0 aromatic heterocycles. The number of rotatable bonds is 5. The first-order valence-electron chi connectivity index (χ1n) is 7.05. The number of benzene rings is 1. The number of methoxy groups -OCH3 is 1. The van der Waals surface area contributed by atoms with Crippen LogP contribution < -0.4 is 15.8 Å². The van der Waals surface area contributed by atoms with Gasteiger partial charge in [0.15, 0.2) is 0 Å². The van der Waals surface area contributed by atoms with E-state index in [1.807, 2.05) is 24.3 Å². The second-order valence-corrected chi connectivity index (χ2v) is 5.23. The van der Waals surface area contributed by atoms with Gasteiger partial charge in [-0.05, 0) is 25.5 Å².